The monoisotopic (exact) mass is 844 g/mol. The van der Waals surface area contributed by atoms with Gasteiger partial charge in [0, 0.05) is 6.42 Å². The lowest BCUT2D eigenvalue weighted by molar-refractivity contribution is -0.870. The van der Waals surface area contributed by atoms with Gasteiger partial charge in [0.25, 0.3) is 0 Å². The van der Waals surface area contributed by atoms with Gasteiger partial charge >= 0.3 is 7.82 Å². The lowest BCUT2D eigenvalue weighted by atomic mass is 10.1. The quantitative estimate of drug-likeness (QED) is 0.0246. The number of quaternary nitrogens is 1. The highest BCUT2D eigenvalue weighted by Gasteiger charge is 2.27. The Hall–Kier alpha value is -2.58. The first-order chi connectivity index (χ1) is 28.5. The summed E-state index contributed by atoms with van der Waals surface area (Å²) in [5.74, 6) is -0.215. The number of amides is 1. The SMILES string of the molecule is CC/C=C\C/C=C\C/C=C\C/C=C\C/C=C\C/C=C\C/C=C\CCCCCC(=O)NC(COP(=O)(O)OCC[N+](C)(C)C)C(O)/C=C/CCCCCCCCCCCC. The minimum atomic E-state index is -4.35. The molecule has 0 rings (SSSR count). The number of likely N-dealkylation sites (N-methyl/N-ethyl adjacent to an activating group) is 1. The molecule has 0 saturated heterocycles. The molecular weight excluding hydrogens is 756 g/mol. The molecule has 0 aliphatic rings. The fourth-order valence-corrected chi connectivity index (χ4v) is 6.64. The third kappa shape index (κ3) is 43.3. The van der Waals surface area contributed by atoms with Crippen molar-refractivity contribution in [2.45, 2.75) is 174 Å². The molecule has 338 valence electrons. The summed E-state index contributed by atoms with van der Waals surface area (Å²) in [5, 5.41) is 13.8. The number of carbonyl (C=O) groups is 1. The van der Waals surface area contributed by atoms with Crippen molar-refractivity contribution >= 4 is 13.7 Å². The molecule has 0 radical (unpaired) electrons. The largest absolute Gasteiger partial charge is 0.472 e. The fraction of sp³-hybridized carbons (Fsp3) is 0.660. The van der Waals surface area contributed by atoms with Gasteiger partial charge in [-0.1, -0.05) is 175 Å². The van der Waals surface area contributed by atoms with Gasteiger partial charge in [0.15, 0.2) is 0 Å². The molecule has 3 N–H and O–H groups in total. The average molecular weight is 844 g/mol. The van der Waals surface area contributed by atoms with E-state index in [1.54, 1.807) is 6.08 Å². The van der Waals surface area contributed by atoms with Gasteiger partial charge in [-0.3, -0.25) is 13.8 Å². The number of aliphatic hydroxyl groups is 1. The van der Waals surface area contributed by atoms with Crippen LogP contribution in [0.5, 0.6) is 0 Å². The second-order valence-electron chi connectivity index (χ2n) is 16.4. The molecule has 3 unspecified atom stereocenters. The van der Waals surface area contributed by atoms with Crippen molar-refractivity contribution in [2.75, 3.05) is 40.9 Å². The number of hydrogen-bond donors (Lipinski definition) is 3. The number of phosphoric ester groups is 1. The van der Waals surface area contributed by atoms with Gasteiger partial charge in [-0.25, -0.2) is 4.57 Å². The third-order valence-corrected chi connectivity index (χ3v) is 10.5. The summed E-state index contributed by atoms with van der Waals surface area (Å²) < 4.78 is 23.5. The number of unbranched alkanes of at least 4 members (excludes halogenated alkanes) is 13. The van der Waals surface area contributed by atoms with Crippen molar-refractivity contribution in [3.8, 4) is 0 Å². The summed E-state index contributed by atoms with van der Waals surface area (Å²) in [5.41, 5.74) is 0. The van der Waals surface area contributed by atoms with E-state index < -0.39 is 20.0 Å². The van der Waals surface area contributed by atoms with Crippen LogP contribution in [0.1, 0.15) is 162 Å². The van der Waals surface area contributed by atoms with E-state index in [-0.39, 0.29) is 19.1 Å². The molecule has 0 fully saturated rings. The van der Waals surface area contributed by atoms with Crippen molar-refractivity contribution < 1.29 is 32.9 Å². The van der Waals surface area contributed by atoms with Crippen molar-refractivity contribution in [2.24, 2.45) is 0 Å². The molecule has 0 heterocycles. The second kappa shape index (κ2) is 40.8. The Labute approximate surface area is 362 Å². The van der Waals surface area contributed by atoms with E-state index in [0.29, 0.717) is 17.4 Å². The van der Waals surface area contributed by atoms with E-state index >= 15 is 0 Å². The van der Waals surface area contributed by atoms with Crippen molar-refractivity contribution in [3.05, 3.63) is 97.2 Å². The molecule has 0 aromatic heterocycles. The predicted octanol–water partition coefficient (Wildman–Crippen LogP) is 13.1. The number of phosphoric acid groups is 1. The van der Waals surface area contributed by atoms with Gasteiger partial charge in [0.2, 0.25) is 5.91 Å². The molecule has 0 aliphatic heterocycles. The highest BCUT2D eigenvalue weighted by Crippen LogP contribution is 2.43. The van der Waals surface area contributed by atoms with Crippen LogP contribution >= 0.6 is 7.82 Å². The Morgan fingerprint density at radius 2 is 1.02 bits per heavy atom. The molecule has 0 spiro atoms. The van der Waals surface area contributed by atoms with Crippen molar-refractivity contribution in [1.29, 1.82) is 0 Å². The molecular formula is C50H88N2O6P+. The van der Waals surface area contributed by atoms with Crippen LogP contribution in [0, 0.1) is 0 Å². The van der Waals surface area contributed by atoms with Crippen LogP contribution in [0.2, 0.25) is 0 Å². The molecule has 0 aromatic carbocycles. The highest BCUT2D eigenvalue weighted by molar-refractivity contribution is 7.47. The standard InChI is InChI=1S/C50H87N2O6P/c1-6-8-10-12-14-16-18-20-21-22-23-24-25-26-27-28-29-30-31-32-34-36-38-40-42-44-50(54)51-48(47-58-59(55,56)57-46-45-52(3,4)5)49(53)43-41-39-37-35-33-19-17-15-13-11-9-7-2/h8,10,14,16,20-21,23-24,26-27,29-30,32,34,41,43,48-49,53H,6-7,9,11-13,15,17-19,22,25,28,31,33,35-40,42,44-47H2,1-5H3,(H-,51,54,55,56)/p+1/b10-8-,16-14-,21-20-,24-23-,27-26-,30-29-,34-32-,43-41+. The van der Waals surface area contributed by atoms with E-state index in [2.05, 4.69) is 104 Å². The first-order valence-corrected chi connectivity index (χ1v) is 24.6. The van der Waals surface area contributed by atoms with Crippen LogP contribution in [-0.2, 0) is 18.4 Å². The van der Waals surface area contributed by atoms with Gasteiger partial charge in [-0.05, 0) is 77.0 Å². The van der Waals surface area contributed by atoms with Crippen LogP contribution < -0.4 is 5.32 Å². The Balaban J connectivity index is 4.43. The Bertz CT molecular complexity index is 1280. The van der Waals surface area contributed by atoms with E-state index in [4.69, 9.17) is 9.05 Å². The van der Waals surface area contributed by atoms with E-state index in [1.807, 2.05) is 27.2 Å². The van der Waals surface area contributed by atoms with Crippen molar-refractivity contribution in [1.82, 2.24) is 5.32 Å². The highest BCUT2D eigenvalue weighted by atomic mass is 31.2. The lowest BCUT2D eigenvalue weighted by Gasteiger charge is -2.25. The topological polar surface area (TPSA) is 105 Å². The molecule has 8 nitrogen and oxygen atoms in total. The normalized spacial score (nSPS) is 15.2. The Morgan fingerprint density at radius 1 is 0.593 bits per heavy atom. The average Bonchev–Trinajstić information content (AvgIpc) is 3.19. The van der Waals surface area contributed by atoms with Gasteiger partial charge < -0.3 is 19.8 Å². The van der Waals surface area contributed by atoms with Crippen LogP contribution in [0.3, 0.4) is 0 Å². The van der Waals surface area contributed by atoms with Crippen molar-refractivity contribution in [3.63, 3.8) is 0 Å². The minimum Gasteiger partial charge on any atom is -0.387 e. The first kappa shape index (κ1) is 56.4. The number of aliphatic hydroxyl groups excluding tert-OH is 1. The number of allylic oxidation sites excluding steroid dienone is 15. The van der Waals surface area contributed by atoms with Gasteiger partial charge in [-0.15, -0.1) is 0 Å². The van der Waals surface area contributed by atoms with Gasteiger partial charge in [-0.2, -0.15) is 0 Å². The first-order valence-electron chi connectivity index (χ1n) is 23.1. The van der Waals surface area contributed by atoms with E-state index in [1.165, 1.54) is 51.4 Å². The zero-order valence-corrected chi connectivity index (χ0v) is 39.1. The smallest absolute Gasteiger partial charge is 0.387 e. The number of carbonyl (C=O) groups excluding carboxylic acids is 1. The second-order valence-corrected chi connectivity index (χ2v) is 17.9. The van der Waals surface area contributed by atoms with Crippen LogP contribution in [0.4, 0.5) is 0 Å². The molecule has 3 atom stereocenters. The van der Waals surface area contributed by atoms with Gasteiger partial charge in [0.05, 0.1) is 39.9 Å². The lowest BCUT2D eigenvalue weighted by Crippen LogP contribution is -2.45. The molecule has 0 aromatic rings. The van der Waals surface area contributed by atoms with Crippen LogP contribution in [0.15, 0.2) is 97.2 Å². The number of hydrogen-bond acceptors (Lipinski definition) is 5. The molecule has 59 heavy (non-hydrogen) atoms. The fourth-order valence-electron chi connectivity index (χ4n) is 5.90. The number of nitrogens with zero attached hydrogens (tertiary/aromatic N) is 1. The molecule has 0 aliphatic carbocycles. The summed E-state index contributed by atoms with van der Waals surface area (Å²) in [6.07, 6.45) is 57.6. The molecule has 1 amide bonds. The maximum absolute atomic E-state index is 12.9. The molecule has 9 heteroatoms. The maximum Gasteiger partial charge on any atom is 0.472 e. The molecule has 0 bridgehead atoms. The molecule has 0 saturated carbocycles. The summed E-state index contributed by atoms with van der Waals surface area (Å²) in [6.45, 7) is 4.63. The predicted molar refractivity (Wildman–Crippen MR) is 253 cm³/mol. The summed E-state index contributed by atoms with van der Waals surface area (Å²) in [4.78, 5) is 23.1. The zero-order valence-electron chi connectivity index (χ0n) is 38.2. The Kier molecular flexibility index (Phi) is 39.0. The van der Waals surface area contributed by atoms with E-state index in [9.17, 15) is 19.4 Å². The number of rotatable bonds is 40. The summed E-state index contributed by atoms with van der Waals surface area (Å²) >= 11 is 0. The minimum absolute atomic E-state index is 0.0489. The third-order valence-electron chi connectivity index (χ3n) is 9.56. The van der Waals surface area contributed by atoms with E-state index in [0.717, 1.165) is 89.9 Å². The Morgan fingerprint density at radius 3 is 1.49 bits per heavy atom. The number of nitrogens with one attached hydrogen (secondary N) is 1. The van der Waals surface area contributed by atoms with Gasteiger partial charge in [0.1, 0.15) is 13.2 Å². The summed E-state index contributed by atoms with van der Waals surface area (Å²) in [7, 11) is 1.53. The summed E-state index contributed by atoms with van der Waals surface area (Å²) in [6, 6.07) is -0.870. The van der Waals surface area contributed by atoms with Crippen LogP contribution in [-0.4, -0.2) is 73.4 Å². The maximum atomic E-state index is 12.9. The van der Waals surface area contributed by atoms with Crippen LogP contribution in [0.25, 0.3) is 0 Å². The zero-order chi connectivity index (χ0) is 43.6.